The minimum Gasteiger partial charge on any atom is -0.352 e. The third-order valence-electron chi connectivity index (χ3n) is 3.87. The van der Waals surface area contributed by atoms with E-state index in [1.165, 1.54) is 13.1 Å². The van der Waals surface area contributed by atoms with Crippen LogP contribution < -0.4 is 11.2 Å². The van der Waals surface area contributed by atoms with Gasteiger partial charge in [0.25, 0.3) is 12.1 Å². The molecule has 1 aromatic rings. The number of nitrogens with zero attached hydrogens (tertiary/aromatic N) is 1. The molecule has 12 nitrogen and oxygen atoms in total. The highest BCUT2D eigenvalue weighted by Crippen LogP contribution is 2.77. The molecule has 2 rings (SSSR count). The second-order valence-electron chi connectivity index (χ2n) is 6.19. The molecular weight excluding hydrogens is 515 g/mol. The van der Waals surface area contributed by atoms with Crippen molar-refractivity contribution in [3.63, 3.8) is 0 Å². The van der Waals surface area contributed by atoms with Crippen molar-refractivity contribution in [1.29, 1.82) is 0 Å². The number of hydrogen-bond donors (Lipinski definition) is 5. The van der Waals surface area contributed by atoms with Crippen LogP contribution in [-0.4, -0.2) is 47.2 Å². The molecule has 30 heavy (non-hydrogen) atoms. The summed E-state index contributed by atoms with van der Waals surface area (Å²) >= 11 is 8.16. The van der Waals surface area contributed by atoms with E-state index in [9.17, 15) is 32.7 Å². The molecule has 2 heterocycles. The molecule has 0 aliphatic carbocycles. The van der Waals surface area contributed by atoms with E-state index >= 15 is 0 Å². The van der Waals surface area contributed by atoms with Crippen LogP contribution in [0.3, 0.4) is 0 Å². The van der Waals surface area contributed by atoms with Crippen molar-refractivity contribution in [2.24, 2.45) is 0 Å². The molecular formula is C11H17F2N2O10P3S2. The summed E-state index contributed by atoms with van der Waals surface area (Å²) in [6.07, 6.45) is 0.204. The van der Waals surface area contributed by atoms with Gasteiger partial charge in [0.15, 0.2) is 0 Å². The summed E-state index contributed by atoms with van der Waals surface area (Å²) < 4.78 is 54.3. The zero-order valence-corrected chi connectivity index (χ0v) is 19.3. The lowest BCUT2D eigenvalue weighted by molar-refractivity contribution is -0.0219. The number of alkyl halides is 2. The van der Waals surface area contributed by atoms with Crippen molar-refractivity contribution in [2.45, 2.75) is 37.5 Å². The maximum Gasteiger partial charge on any atom is 0.417 e. The van der Waals surface area contributed by atoms with Crippen LogP contribution in [-0.2, 0) is 41.8 Å². The van der Waals surface area contributed by atoms with E-state index in [0.29, 0.717) is 0 Å². The molecule has 0 bridgehead atoms. The topological polar surface area (TPSA) is 181 Å². The van der Waals surface area contributed by atoms with E-state index in [-0.39, 0.29) is 18.4 Å². The lowest BCUT2D eigenvalue weighted by Crippen LogP contribution is -2.33. The predicted octanol–water partition coefficient (Wildman–Crippen LogP) is 0.802. The first-order valence-electron chi connectivity index (χ1n) is 7.89. The Balaban J connectivity index is 2.02. The van der Waals surface area contributed by atoms with Gasteiger partial charge in [0, 0.05) is 11.8 Å². The first kappa shape index (κ1) is 26.0. The van der Waals surface area contributed by atoms with Gasteiger partial charge in [-0.05, 0) is 43.4 Å². The molecule has 1 aromatic heterocycles. The average molecular weight is 532 g/mol. The summed E-state index contributed by atoms with van der Waals surface area (Å²) in [4.78, 5) is 62.3. The SMILES string of the molecule is Cc1cn([C@H]2CC[C@@H](COP(O)(=S)OP(=O)(O)C(F)(F)P(O)(O)=S)O2)c(=O)[nH]c1=O. The Hall–Kier alpha value is -0.210. The number of aromatic amines is 1. The van der Waals surface area contributed by atoms with Gasteiger partial charge in [-0.15, -0.1) is 0 Å². The molecule has 4 atom stereocenters. The Morgan fingerprint density at radius 3 is 2.47 bits per heavy atom. The standard InChI is InChI=1S/C11H17F2N2O10P3S2/c1-6-4-15(10(17)14-9(6)16)8-3-2-7(24-8)5-23-28(22,30)25-26(18,19)11(12,13)27(20,21)29/h4,7-8H,2-3,5H2,1H3,(H,18,19)(H,22,30)(H,14,16,17)(H2,20,21,29)/t7-,8+,28?/m0/s1. The fraction of sp³-hybridized carbons (Fsp3) is 0.636. The number of nitrogens with one attached hydrogen (secondary N) is 1. The van der Waals surface area contributed by atoms with Crippen molar-refractivity contribution >= 4 is 44.4 Å². The van der Waals surface area contributed by atoms with Crippen LogP contribution in [0.2, 0.25) is 0 Å². The lowest BCUT2D eigenvalue weighted by atomic mass is 10.2. The van der Waals surface area contributed by atoms with E-state index < -0.39 is 56.4 Å². The fourth-order valence-electron chi connectivity index (χ4n) is 2.37. The Labute approximate surface area is 177 Å². The fourth-order valence-corrected chi connectivity index (χ4v) is 7.99. The molecule has 1 fully saturated rings. The van der Waals surface area contributed by atoms with Crippen LogP contribution >= 0.6 is 20.8 Å². The molecule has 2 unspecified atom stereocenters. The highest BCUT2D eigenvalue weighted by Gasteiger charge is 2.63. The minimum absolute atomic E-state index is 0.255. The summed E-state index contributed by atoms with van der Waals surface area (Å²) in [6.45, 7) is -9.42. The van der Waals surface area contributed by atoms with Crippen molar-refractivity contribution < 1.29 is 46.5 Å². The Morgan fingerprint density at radius 2 is 1.90 bits per heavy atom. The summed E-state index contributed by atoms with van der Waals surface area (Å²) in [5, 5.41) is -5.15. The molecule has 0 radical (unpaired) electrons. The third kappa shape index (κ3) is 5.77. The van der Waals surface area contributed by atoms with E-state index in [1.54, 1.807) is 0 Å². The number of hydrogen-bond acceptors (Lipinski definition) is 8. The van der Waals surface area contributed by atoms with Crippen LogP contribution in [0, 0.1) is 6.92 Å². The molecule has 172 valence electrons. The smallest absolute Gasteiger partial charge is 0.352 e. The molecule has 0 aromatic carbocycles. The van der Waals surface area contributed by atoms with Crippen LogP contribution in [0.25, 0.3) is 0 Å². The highest BCUT2D eigenvalue weighted by atomic mass is 32.5. The first-order valence-corrected chi connectivity index (χ1v) is 14.8. The van der Waals surface area contributed by atoms with Gasteiger partial charge in [-0.2, -0.15) is 8.78 Å². The number of ether oxygens (including phenoxy) is 1. The summed E-state index contributed by atoms with van der Waals surface area (Å²) in [5.41, 5.74) is -1.03. The van der Waals surface area contributed by atoms with Crippen molar-refractivity contribution in [3.8, 4) is 0 Å². The Bertz CT molecular complexity index is 1070. The van der Waals surface area contributed by atoms with E-state index in [2.05, 4.69) is 32.9 Å². The van der Waals surface area contributed by atoms with Gasteiger partial charge in [-0.1, -0.05) is 0 Å². The molecule has 1 saturated heterocycles. The van der Waals surface area contributed by atoms with Gasteiger partial charge in [0.2, 0.25) is 0 Å². The molecule has 5 N–H and O–H groups in total. The second kappa shape index (κ2) is 8.97. The minimum atomic E-state index is -6.21. The van der Waals surface area contributed by atoms with Crippen LogP contribution in [0.15, 0.2) is 15.8 Å². The molecule has 1 aliphatic heterocycles. The quantitative estimate of drug-likeness (QED) is 0.298. The first-order chi connectivity index (χ1) is 13.5. The maximum absolute atomic E-state index is 13.6. The van der Waals surface area contributed by atoms with E-state index in [0.717, 1.165) is 4.57 Å². The average Bonchev–Trinajstić information content (AvgIpc) is 3.03. The summed E-state index contributed by atoms with van der Waals surface area (Å²) in [5.74, 6) is 0. The van der Waals surface area contributed by atoms with E-state index in [4.69, 9.17) is 19.0 Å². The number of aryl methyl sites for hydroxylation is 1. The molecule has 0 spiro atoms. The van der Waals surface area contributed by atoms with Crippen LogP contribution in [0.5, 0.6) is 0 Å². The largest absolute Gasteiger partial charge is 0.417 e. The van der Waals surface area contributed by atoms with Gasteiger partial charge in [-0.3, -0.25) is 18.9 Å². The Kier molecular flexibility index (Phi) is 7.79. The summed E-state index contributed by atoms with van der Waals surface area (Å²) in [7, 11) is -6.21. The van der Waals surface area contributed by atoms with E-state index in [1.807, 2.05) is 0 Å². The normalized spacial score (nSPS) is 24.4. The summed E-state index contributed by atoms with van der Waals surface area (Å²) in [6, 6.07) is 0. The monoisotopic (exact) mass is 532 g/mol. The number of aromatic nitrogens is 2. The zero-order chi connectivity index (χ0) is 23.1. The molecule has 1 aliphatic rings. The van der Waals surface area contributed by atoms with Gasteiger partial charge in [0.1, 0.15) is 6.23 Å². The highest BCUT2D eigenvalue weighted by molar-refractivity contribution is 8.13. The number of rotatable bonds is 8. The lowest BCUT2D eigenvalue weighted by Gasteiger charge is -2.27. The molecule has 0 saturated carbocycles. The third-order valence-corrected chi connectivity index (χ3v) is 11.0. The van der Waals surface area contributed by atoms with Crippen molar-refractivity contribution in [2.75, 3.05) is 6.61 Å². The van der Waals surface area contributed by atoms with Gasteiger partial charge >= 0.3 is 25.4 Å². The van der Waals surface area contributed by atoms with Crippen molar-refractivity contribution in [3.05, 3.63) is 32.6 Å². The predicted molar refractivity (Wildman–Crippen MR) is 106 cm³/mol. The van der Waals surface area contributed by atoms with Crippen molar-refractivity contribution in [1.82, 2.24) is 9.55 Å². The second-order valence-corrected chi connectivity index (χ2v) is 14.6. The zero-order valence-electron chi connectivity index (χ0n) is 15.0. The number of halogens is 2. The number of H-pyrrole nitrogens is 1. The van der Waals surface area contributed by atoms with Gasteiger partial charge < -0.3 is 28.8 Å². The van der Waals surface area contributed by atoms with Crippen LogP contribution in [0.1, 0.15) is 24.6 Å². The van der Waals surface area contributed by atoms with Crippen LogP contribution in [0.4, 0.5) is 8.78 Å². The maximum atomic E-state index is 13.6. The van der Waals surface area contributed by atoms with Gasteiger partial charge in [0.05, 0.1) is 12.7 Å². The van der Waals surface area contributed by atoms with Gasteiger partial charge in [-0.25, -0.2) is 9.11 Å². The Morgan fingerprint density at radius 1 is 1.30 bits per heavy atom. The molecule has 19 heteroatoms. The molecule has 0 amide bonds.